The standard InChI is InChI=1S/C32H23N3O9S/c1-2-21-13-15-26(16-14-21)45(42,43)33(31(36)22-7-5-9-24(19-22)34(38)39)29-17-18-30(28-12-4-3-11-27(28)29)44-32(37)23-8-6-10-25(20-23)35(40)41/h3-20H,2H2,1H3. The Bertz CT molecular complexity index is 2100. The second-order valence-electron chi connectivity index (χ2n) is 9.70. The average Bonchev–Trinajstić information content (AvgIpc) is 3.05. The lowest BCUT2D eigenvalue weighted by molar-refractivity contribution is -0.385. The number of anilines is 1. The summed E-state index contributed by atoms with van der Waals surface area (Å²) < 4.78 is 34.5. The molecule has 12 nitrogen and oxygen atoms in total. The summed E-state index contributed by atoms with van der Waals surface area (Å²) in [6.45, 7) is 1.90. The van der Waals surface area contributed by atoms with Gasteiger partial charge in [-0.15, -0.1) is 0 Å². The number of carbonyl (C=O) groups excluding carboxylic acids is 2. The van der Waals surface area contributed by atoms with Gasteiger partial charge in [-0.1, -0.05) is 55.5 Å². The molecule has 0 radical (unpaired) electrons. The molecule has 5 rings (SSSR count). The summed E-state index contributed by atoms with van der Waals surface area (Å²) in [5.74, 6) is -1.95. The Morgan fingerprint density at radius 1 is 0.733 bits per heavy atom. The fourth-order valence-electron chi connectivity index (χ4n) is 4.65. The van der Waals surface area contributed by atoms with Crippen LogP contribution in [-0.2, 0) is 16.4 Å². The number of esters is 1. The molecule has 0 spiro atoms. The molecule has 45 heavy (non-hydrogen) atoms. The maximum atomic E-state index is 14.2. The zero-order valence-corrected chi connectivity index (χ0v) is 24.3. The van der Waals surface area contributed by atoms with E-state index < -0.39 is 37.4 Å². The van der Waals surface area contributed by atoms with Crippen LogP contribution in [0.25, 0.3) is 10.8 Å². The van der Waals surface area contributed by atoms with E-state index >= 15 is 0 Å². The number of rotatable bonds is 9. The van der Waals surface area contributed by atoms with E-state index in [9.17, 15) is 38.2 Å². The summed E-state index contributed by atoms with van der Waals surface area (Å²) in [6, 6.07) is 24.6. The number of aryl methyl sites for hydroxylation is 1. The first-order chi connectivity index (χ1) is 21.5. The van der Waals surface area contributed by atoms with Crippen LogP contribution in [0.3, 0.4) is 0 Å². The minimum atomic E-state index is -4.60. The van der Waals surface area contributed by atoms with Gasteiger partial charge in [0.25, 0.3) is 27.3 Å². The Kier molecular flexibility index (Phi) is 8.37. The van der Waals surface area contributed by atoms with E-state index in [1.54, 1.807) is 30.3 Å². The highest BCUT2D eigenvalue weighted by Crippen LogP contribution is 2.38. The molecule has 1 amide bonds. The number of amides is 1. The Balaban J connectivity index is 1.66. The molecule has 0 fully saturated rings. The fourth-order valence-corrected chi connectivity index (χ4v) is 6.08. The van der Waals surface area contributed by atoms with E-state index in [1.807, 2.05) is 6.92 Å². The van der Waals surface area contributed by atoms with Crippen LogP contribution in [0.4, 0.5) is 17.1 Å². The van der Waals surface area contributed by atoms with Crippen LogP contribution in [0.15, 0.2) is 114 Å². The van der Waals surface area contributed by atoms with Crippen molar-refractivity contribution in [3.63, 3.8) is 0 Å². The molecule has 226 valence electrons. The molecule has 0 atom stereocenters. The molecule has 0 saturated heterocycles. The first-order valence-corrected chi connectivity index (χ1v) is 14.9. The lowest BCUT2D eigenvalue weighted by atomic mass is 10.1. The zero-order valence-electron chi connectivity index (χ0n) is 23.5. The van der Waals surface area contributed by atoms with Crippen LogP contribution in [0, 0.1) is 20.2 Å². The van der Waals surface area contributed by atoms with Crippen molar-refractivity contribution in [3.8, 4) is 5.75 Å². The molecule has 0 saturated carbocycles. The third-order valence-corrected chi connectivity index (χ3v) is 8.64. The number of fused-ring (bicyclic) bond motifs is 1. The average molecular weight is 626 g/mol. The molecular formula is C32H23N3O9S. The van der Waals surface area contributed by atoms with Crippen LogP contribution in [-0.4, -0.2) is 30.1 Å². The molecule has 0 aliphatic heterocycles. The van der Waals surface area contributed by atoms with Crippen molar-refractivity contribution in [2.45, 2.75) is 18.2 Å². The largest absolute Gasteiger partial charge is 0.422 e. The second kappa shape index (κ2) is 12.3. The van der Waals surface area contributed by atoms with Gasteiger partial charge in [0.2, 0.25) is 0 Å². The van der Waals surface area contributed by atoms with Crippen molar-refractivity contribution < 1.29 is 32.6 Å². The van der Waals surface area contributed by atoms with Gasteiger partial charge in [0.1, 0.15) is 5.75 Å². The van der Waals surface area contributed by atoms with Crippen molar-refractivity contribution in [1.29, 1.82) is 0 Å². The summed E-state index contributed by atoms with van der Waals surface area (Å²) >= 11 is 0. The van der Waals surface area contributed by atoms with Gasteiger partial charge >= 0.3 is 5.97 Å². The molecule has 0 aromatic heterocycles. The van der Waals surface area contributed by atoms with E-state index in [-0.39, 0.29) is 43.9 Å². The van der Waals surface area contributed by atoms with E-state index in [1.165, 1.54) is 66.7 Å². The number of non-ortho nitro benzene ring substituents is 2. The highest BCUT2D eigenvalue weighted by atomic mass is 32.2. The third kappa shape index (κ3) is 6.10. The summed E-state index contributed by atoms with van der Waals surface area (Å²) in [7, 11) is -4.60. The van der Waals surface area contributed by atoms with Gasteiger partial charge in [-0.3, -0.25) is 25.0 Å². The van der Waals surface area contributed by atoms with Crippen molar-refractivity contribution in [3.05, 3.63) is 146 Å². The predicted octanol–water partition coefficient (Wildman–Crippen LogP) is 6.47. The van der Waals surface area contributed by atoms with Crippen molar-refractivity contribution in [2.75, 3.05) is 4.31 Å². The Morgan fingerprint density at radius 3 is 1.91 bits per heavy atom. The minimum Gasteiger partial charge on any atom is -0.422 e. The highest BCUT2D eigenvalue weighted by molar-refractivity contribution is 7.93. The number of sulfonamides is 1. The molecule has 0 N–H and O–H groups in total. The van der Waals surface area contributed by atoms with Crippen LogP contribution in [0.2, 0.25) is 0 Å². The van der Waals surface area contributed by atoms with Gasteiger partial charge in [-0.2, -0.15) is 4.31 Å². The van der Waals surface area contributed by atoms with Gasteiger partial charge < -0.3 is 4.74 Å². The number of hydrogen-bond donors (Lipinski definition) is 0. The second-order valence-corrected chi connectivity index (χ2v) is 11.5. The van der Waals surface area contributed by atoms with Crippen LogP contribution >= 0.6 is 0 Å². The lowest BCUT2D eigenvalue weighted by Gasteiger charge is -2.25. The maximum absolute atomic E-state index is 14.2. The van der Waals surface area contributed by atoms with E-state index in [0.29, 0.717) is 10.7 Å². The normalized spacial score (nSPS) is 11.1. The van der Waals surface area contributed by atoms with Crippen LogP contribution in [0.5, 0.6) is 5.75 Å². The van der Waals surface area contributed by atoms with Crippen LogP contribution in [0.1, 0.15) is 33.2 Å². The quantitative estimate of drug-likeness (QED) is 0.0771. The van der Waals surface area contributed by atoms with Crippen molar-refractivity contribution in [1.82, 2.24) is 0 Å². The summed E-state index contributed by atoms with van der Waals surface area (Å²) in [6.07, 6.45) is 0.651. The van der Waals surface area contributed by atoms with Gasteiger partial charge in [0, 0.05) is 40.6 Å². The number of nitro benzene ring substituents is 2. The zero-order chi connectivity index (χ0) is 32.3. The monoisotopic (exact) mass is 625 g/mol. The van der Waals surface area contributed by atoms with Gasteiger partial charge in [-0.25, -0.2) is 13.2 Å². The number of nitrogens with zero attached hydrogens (tertiary/aromatic N) is 3. The summed E-state index contributed by atoms with van der Waals surface area (Å²) in [5.41, 5.74) is -0.278. The van der Waals surface area contributed by atoms with Gasteiger partial charge in [-0.05, 0) is 48.4 Å². The molecule has 5 aromatic rings. The van der Waals surface area contributed by atoms with E-state index in [4.69, 9.17) is 4.74 Å². The number of carbonyl (C=O) groups is 2. The molecule has 0 aliphatic rings. The Labute approximate surface area is 256 Å². The molecule has 5 aromatic carbocycles. The first kappa shape index (κ1) is 30.5. The number of benzene rings is 5. The van der Waals surface area contributed by atoms with Crippen molar-refractivity contribution in [2.24, 2.45) is 0 Å². The minimum absolute atomic E-state index is 0.00157. The number of nitro groups is 2. The fraction of sp³-hybridized carbons (Fsp3) is 0.0625. The molecule has 0 aliphatic carbocycles. The number of ether oxygens (including phenoxy) is 1. The number of hydrogen-bond acceptors (Lipinski definition) is 9. The Hall–Kier alpha value is -5.95. The summed E-state index contributed by atoms with van der Waals surface area (Å²) in [5, 5.41) is 23.1. The van der Waals surface area contributed by atoms with Gasteiger partial charge in [0.05, 0.1) is 26.0 Å². The third-order valence-electron chi connectivity index (χ3n) is 6.93. The smallest absolute Gasteiger partial charge is 0.343 e. The lowest BCUT2D eigenvalue weighted by Crippen LogP contribution is -2.37. The molecule has 0 unspecified atom stereocenters. The molecule has 13 heteroatoms. The van der Waals surface area contributed by atoms with Crippen molar-refractivity contribution >= 4 is 49.7 Å². The molecule has 0 heterocycles. The topological polar surface area (TPSA) is 167 Å². The Morgan fingerprint density at radius 2 is 1.31 bits per heavy atom. The van der Waals surface area contributed by atoms with E-state index in [2.05, 4.69) is 0 Å². The maximum Gasteiger partial charge on any atom is 0.343 e. The summed E-state index contributed by atoms with van der Waals surface area (Å²) in [4.78, 5) is 48.1. The molecule has 0 bridgehead atoms. The van der Waals surface area contributed by atoms with Crippen LogP contribution < -0.4 is 9.04 Å². The predicted molar refractivity (Wildman–Crippen MR) is 165 cm³/mol. The first-order valence-electron chi connectivity index (χ1n) is 13.4. The SMILES string of the molecule is CCc1ccc(S(=O)(=O)N(C(=O)c2cccc([N+](=O)[O-])c2)c2ccc(OC(=O)c3cccc([N+](=O)[O-])c3)c3ccccc23)cc1. The highest BCUT2D eigenvalue weighted by Gasteiger charge is 2.34. The van der Waals surface area contributed by atoms with Gasteiger partial charge in [0.15, 0.2) is 0 Å². The van der Waals surface area contributed by atoms with E-state index in [0.717, 1.165) is 17.7 Å². The molecular weight excluding hydrogens is 602 g/mol.